The van der Waals surface area contributed by atoms with Crippen molar-refractivity contribution in [3.63, 3.8) is 0 Å². The molecule has 0 saturated carbocycles. The number of hydrogen-bond donors (Lipinski definition) is 1. The molecular weight excluding hydrogens is 276 g/mol. The van der Waals surface area contributed by atoms with Crippen LogP contribution in [0.1, 0.15) is 18.1 Å². The van der Waals surface area contributed by atoms with Crippen molar-refractivity contribution in [3.05, 3.63) is 35.4 Å². The number of piperazine rings is 1. The standard InChI is InChI=1S/C14H22N2O3S/c1-12-9-15(7-8-16(12)20(2,18)19)10-13-3-5-14(11-17)6-4-13/h3-6,12,17H,7-11H2,1-2H3/t12-/m0/s1. The molecule has 1 aliphatic rings. The lowest BCUT2D eigenvalue weighted by Crippen LogP contribution is -2.53. The van der Waals surface area contributed by atoms with Crippen molar-refractivity contribution >= 4 is 10.0 Å². The number of benzene rings is 1. The highest BCUT2D eigenvalue weighted by atomic mass is 32.2. The van der Waals surface area contributed by atoms with Gasteiger partial charge in [0.15, 0.2) is 0 Å². The lowest BCUT2D eigenvalue weighted by Gasteiger charge is -2.38. The number of rotatable bonds is 4. The zero-order valence-electron chi connectivity index (χ0n) is 12.0. The fraction of sp³-hybridized carbons (Fsp3) is 0.571. The maximum absolute atomic E-state index is 11.6. The molecule has 1 atom stereocenters. The van der Waals surface area contributed by atoms with E-state index in [9.17, 15) is 8.42 Å². The van der Waals surface area contributed by atoms with Crippen molar-refractivity contribution in [2.45, 2.75) is 26.1 Å². The van der Waals surface area contributed by atoms with Gasteiger partial charge >= 0.3 is 0 Å². The van der Waals surface area contributed by atoms with Gasteiger partial charge in [0.1, 0.15) is 0 Å². The summed E-state index contributed by atoms with van der Waals surface area (Å²) in [6.07, 6.45) is 1.27. The third-order valence-corrected chi connectivity index (χ3v) is 5.08. The van der Waals surface area contributed by atoms with Crippen molar-refractivity contribution in [1.82, 2.24) is 9.21 Å². The molecule has 0 amide bonds. The molecule has 0 aliphatic carbocycles. The Balaban J connectivity index is 1.96. The summed E-state index contributed by atoms with van der Waals surface area (Å²) in [5.74, 6) is 0. The molecule has 0 spiro atoms. The van der Waals surface area contributed by atoms with E-state index in [0.717, 1.165) is 25.2 Å². The van der Waals surface area contributed by atoms with Crippen LogP contribution in [-0.2, 0) is 23.2 Å². The molecule has 0 radical (unpaired) electrons. The van der Waals surface area contributed by atoms with Crippen LogP contribution in [0, 0.1) is 0 Å². The molecule has 1 N–H and O–H groups in total. The lowest BCUT2D eigenvalue weighted by molar-refractivity contribution is 0.138. The Labute approximate surface area is 120 Å². The first-order valence-electron chi connectivity index (χ1n) is 6.78. The van der Waals surface area contributed by atoms with Gasteiger partial charge in [0.25, 0.3) is 0 Å². The molecular formula is C14H22N2O3S. The van der Waals surface area contributed by atoms with Gasteiger partial charge in [-0.1, -0.05) is 24.3 Å². The zero-order valence-corrected chi connectivity index (χ0v) is 12.8. The molecule has 20 heavy (non-hydrogen) atoms. The smallest absolute Gasteiger partial charge is 0.211 e. The number of aliphatic hydroxyl groups is 1. The Hall–Kier alpha value is -0.950. The SMILES string of the molecule is C[C@H]1CN(Cc2ccc(CO)cc2)CCN1S(C)(=O)=O. The van der Waals surface area contributed by atoms with E-state index >= 15 is 0 Å². The predicted octanol–water partition coefficient (Wildman–Crippen LogP) is 0.645. The van der Waals surface area contributed by atoms with Crippen LogP contribution in [0.5, 0.6) is 0 Å². The normalized spacial score (nSPS) is 22.1. The second-order valence-electron chi connectivity index (χ2n) is 5.43. The molecule has 5 nitrogen and oxygen atoms in total. The molecule has 1 heterocycles. The van der Waals surface area contributed by atoms with Crippen LogP contribution in [0.25, 0.3) is 0 Å². The van der Waals surface area contributed by atoms with Gasteiger partial charge in [-0.3, -0.25) is 4.90 Å². The molecule has 0 aromatic heterocycles. The van der Waals surface area contributed by atoms with Crippen LogP contribution < -0.4 is 0 Å². The van der Waals surface area contributed by atoms with E-state index in [1.807, 2.05) is 31.2 Å². The second-order valence-corrected chi connectivity index (χ2v) is 7.37. The van der Waals surface area contributed by atoms with Crippen LogP contribution in [-0.4, -0.2) is 54.7 Å². The Morgan fingerprint density at radius 2 is 1.80 bits per heavy atom. The summed E-state index contributed by atoms with van der Waals surface area (Å²) in [6.45, 7) is 4.86. The van der Waals surface area contributed by atoms with Gasteiger partial charge in [-0.15, -0.1) is 0 Å². The van der Waals surface area contributed by atoms with Crippen molar-refractivity contribution in [2.75, 3.05) is 25.9 Å². The lowest BCUT2D eigenvalue weighted by atomic mass is 10.1. The third kappa shape index (κ3) is 3.79. The molecule has 6 heteroatoms. The van der Waals surface area contributed by atoms with E-state index in [1.165, 1.54) is 11.8 Å². The van der Waals surface area contributed by atoms with E-state index in [4.69, 9.17) is 5.11 Å². The number of sulfonamides is 1. The molecule has 0 bridgehead atoms. The Bertz CT molecular complexity index is 542. The molecule has 112 valence electrons. The first kappa shape index (κ1) is 15.4. The van der Waals surface area contributed by atoms with E-state index < -0.39 is 10.0 Å². The van der Waals surface area contributed by atoms with Gasteiger partial charge in [-0.05, 0) is 18.1 Å². The van der Waals surface area contributed by atoms with Gasteiger partial charge in [-0.2, -0.15) is 4.31 Å². The minimum atomic E-state index is -3.10. The largest absolute Gasteiger partial charge is 0.392 e. The second kappa shape index (κ2) is 6.22. The summed E-state index contributed by atoms with van der Waals surface area (Å²) >= 11 is 0. The molecule has 1 aromatic rings. The van der Waals surface area contributed by atoms with Gasteiger partial charge in [0, 0.05) is 32.2 Å². The Morgan fingerprint density at radius 3 is 2.30 bits per heavy atom. The van der Waals surface area contributed by atoms with Crippen LogP contribution >= 0.6 is 0 Å². The fourth-order valence-corrected chi connectivity index (χ4v) is 3.79. The van der Waals surface area contributed by atoms with Crippen molar-refractivity contribution in [2.24, 2.45) is 0 Å². The first-order chi connectivity index (χ1) is 9.40. The summed E-state index contributed by atoms with van der Waals surface area (Å²) in [6, 6.07) is 7.88. The van der Waals surface area contributed by atoms with Crippen molar-refractivity contribution in [1.29, 1.82) is 0 Å². The minimum absolute atomic E-state index is 0.00969. The van der Waals surface area contributed by atoms with E-state index in [-0.39, 0.29) is 12.6 Å². The maximum Gasteiger partial charge on any atom is 0.211 e. The summed E-state index contributed by atoms with van der Waals surface area (Å²) < 4.78 is 24.8. The van der Waals surface area contributed by atoms with Gasteiger partial charge in [0.2, 0.25) is 10.0 Å². The molecule has 1 saturated heterocycles. The highest BCUT2D eigenvalue weighted by Crippen LogP contribution is 2.16. The van der Waals surface area contributed by atoms with Gasteiger partial charge in [0.05, 0.1) is 12.9 Å². The van der Waals surface area contributed by atoms with Crippen LogP contribution in [0.2, 0.25) is 0 Å². The van der Waals surface area contributed by atoms with Crippen molar-refractivity contribution < 1.29 is 13.5 Å². The third-order valence-electron chi connectivity index (χ3n) is 3.69. The van der Waals surface area contributed by atoms with Gasteiger partial charge < -0.3 is 5.11 Å². The van der Waals surface area contributed by atoms with E-state index in [2.05, 4.69) is 4.90 Å². The van der Waals surface area contributed by atoms with Crippen LogP contribution in [0.15, 0.2) is 24.3 Å². The monoisotopic (exact) mass is 298 g/mol. The zero-order chi connectivity index (χ0) is 14.8. The summed E-state index contributed by atoms with van der Waals surface area (Å²) in [7, 11) is -3.10. The Kier molecular flexibility index (Phi) is 4.80. The number of aliphatic hydroxyl groups excluding tert-OH is 1. The quantitative estimate of drug-likeness (QED) is 0.886. The molecule has 1 aliphatic heterocycles. The average Bonchev–Trinajstić information content (AvgIpc) is 2.38. The van der Waals surface area contributed by atoms with Crippen molar-refractivity contribution in [3.8, 4) is 0 Å². The fourth-order valence-electron chi connectivity index (χ4n) is 2.66. The number of nitrogens with zero attached hydrogens (tertiary/aromatic N) is 2. The topological polar surface area (TPSA) is 60.9 Å². The van der Waals surface area contributed by atoms with E-state index in [1.54, 1.807) is 4.31 Å². The predicted molar refractivity (Wildman–Crippen MR) is 78.7 cm³/mol. The van der Waals surface area contributed by atoms with Crippen LogP contribution in [0.3, 0.4) is 0 Å². The Morgan fingerprint density at radius 1 is 1.20 bits per heavy atom. The highest BCUT2D eigenvalue weighted by Gasteiger charge is 2.29. The van der Waals surface area contributed by atoms with Crippen LogP contribution in [0.4, 0.5) is 0 Å². The molecule has 1 aromatic carbocycles. The number of hydrogen-bond acceptors (Lipinski definition) is 4. The molecule has 2 rings (SSSR count). The maximum atomic E-state index is 11.6. The average molecular weight is 298 g/mol. The highest BCUT2D eigenvalue weighted by molar-refractivity contribution is 7.88. The minimum Gasteiger partial charge on any atom is -0.392 e. The summed E-state index contributed by atoms with van der Waals surface area (Å²) in [5, 5.41) is 9.02. The van der Waals surface area contributed by atoms with Gasteiger partial charge in [-0.25, -0.2) is 8.42 Å². The first-order valence-corrected chi connectivity index (χ1v) is 8.63. The summed E-state index contributed by atoms with van der Waals surface area (Å²) in [5.41, 5.74) is 2.09. The molecule has 1 fully saturated rings. The summed E-state index contributed by atoms with van der Waals surface area (Å²) in [4.78, 5) is 2.26. The molecule has 0 unspecified atom stereocenters. The van der Waals surface area contributed by atoms with E-state index in [0.29, 0.717) is 6.54 Å².